The van der Waals surface area contributed by atoms with E-state index >= 15 is 0 Å². The Morgan fingerprint density at radius 2 is 1.17 bits per heavy atom. The van der Waals surface area contributed by atoms with Crippen LogP contribution in [-0.2, 0) is 0 Å². The standard InChI is InChI=1S/C14H22.2C2H6/c1-6-7-8-9-13(4)14(5)11-10-12(2)3;2*1-2/h7-11H,6H2,1-5H3;2*1-2H3/b8-7-,13-9+,14-11+;;. The molecule has 0 bridgehead atoms. The van der Waals surface area contributed by atoms with Crippen LogP contribution in [0.2, 0.25) is 0 Å². The van der Waals surface area contributed by atoms with Gasteiger partial charge in [-0.15, -0.1) is 0 Å². The smallest absolute Gasteiger partial charge is 0.0376 e. The quantitative estimate of drug-likeness (QED) is 0.478. The van der Waals surface area contributed by atoms with Crippen LogP contribution >= 0.6 is 0 Å². The minimum Gasteiger partial charge on any atom is -0.0848 e. The van der Waals surface area contributed by atoms with Crippen molar-refractivity contribution in [3.05, 3.63) is 47.1 Å². The zero-order valence-corrected chi connectivity index (χ0v) is 14.1. The van der Waals surface area contributed by atoms with E-state index in [0.717, 1.165) is 6.42 Å². The van der Waals surface area contributed by atoms with Crippen molar-refractivity contribution in [2.75, 3.05) is 0 Å². The lowest BCUT2D eigenvalue weighted by Gasteiger charge is -1.98. The highest BCUT2D eigenvalue weighted by molar-refractivity contribution is 5.33. The molecule has 0 spiro atoms. The van der Waals surface area contributed by atoms with Crippen LogP contribution in [0.25, 0.3) is 0 Å². The first-order chi connectivity index (χ1) is 8.57. The van der Waals surface area contributed by atoms with Crippen LogP contribution in [0.1, 0.15) is 68.7 Å². The normalized spacial score (nSPS) is 11.2. The Labute approximate surface area is 116 Å². The maximum atomic E-state index is 2.17. The van der Waals surface area contributed by atoms with E-state index in [-0.39, 0.29) is 0 Å². The van der Waals surface area contributed by atoms with Gasteiger partial charge in [0, 0.05) is 0 Å². The van der Waals surface area contributed by atoms with Crippen LogP contribution < -0.4 is 0 Å². The molecule has 0 aliphatic heterocycles. The largest absolute Gasteiger partial charge is 0.0848 e. The van der Waals surface area contributed by atoms with Crippen molar-refractivity contribution >= 4 is 0 Å². The summed E-state index contributed by atoms with van der Waals surface area (Å²) in [5.74, 6) is 0. The SMILES string of the molecule is CC.CC.CC\C=C/C=C(C)/C(C)=C/C=C(C)C. The molecule has 0 unspecified atom stereocenters. The predicted molar refractivity (Wildman–Crippen MR) is 89.1 cm³/mol. The van der Waals surface area contributed by atoms with Crippen molar-refractivity contribution in [3.63, 3.8) is 0 Å². The minimum absolute atomic E-state index is 1.10. The fraction of sp³-hybridized carbons (Fsp3) is 0.556. The molecule has 0 heterocycles. The first-order valence-electron chi connectivity index (χ1n) is 7.23. The molecule has 0 atom stereocenters. The van der Waals surface area contributed by atoms with Crippen LogP contribution in [0.3, 0.4) is 0 Å². The summed E-state index contributed by atoms with van der Waals surface area (Å²) >= 11 is 0. The molecule has 0 aliphatic rings. The van der Waals surface area contributed by atoms with E-state index in [4.69, 9.17) is 0 Å². The van der Waals surface area contributed by atoms with E-state index in [1.807, 2.05) is 27.7 Å². The van der Waals surface area contributed by atoms with E-state index in [1.165, 1.54) is 16.7 Å². The molecule has 0 aromatic rings. The van der Waals surface area contributed by atoms with Gasteiger partial charge in [-0.05, 0) is 45.3 Å². The first-order valence-corrected chi connectivity index (χ1v) is 7.23. The average molecular weight is 250 g/mol. The van der Waals surface area contributed by atoms with Crippen molar-refractivity contribution in [2.45, 2.75) is 68.7 Å². The van der Waals surface area contributed by atoms with Crippen molar-refractivity contribution in [2.24, 2.45) is 0 Å². The van der Waals surface area contributed by atoms with Gasteiger partial charge in [-0.3, -0.25) is 0 Å². The molecule has 0 heteroatoms. The summed E-state index contributed by atoms with van der Waals surface area (Å²) in [6.45, 7) is 18.7. The van der Waals surface area contributed by atoms with Gasteiger partial charge in [0.15, 0.2) is 0 Å². The Morgan fingerprint density at radius 3 is 1.56 bits per heavy atom. The van der Waals surface area contributed by atoms with Gasteiger partial charge in [-0.2, -0.15) is 0 Å². The lowest BCUT2D eigenvalue weighted by atomic mass is 10.1. The second-order valence-electron chi connectivity index (χ2n) is 3.78. The van der Waals surface area contributed by atoms with E-state index < -0.39 is 0 Å². The summed E-state index contributed by atoms with van der Waals surface area (Å²) in [6.07, 6.45) is 11.9. The highest BCUT2D eigenvalue weighted by Gasteiger charge is 1.88. The molecule has 0 aromatic carbocycles. The highest BCUT2D eigenvalue weighted by Crippen LogP contribution is 2.09. The molecule has 0 saturated carbocycles. The molecule has 18 heavy (non-hydrogen) atoms. The van der Waals surface area contributed by atoms with E-state index in [2.05, 4.69) is 65.0 Å². The van der Waals surface area contributed by atoms with Gasteiger partial charge in [0.1, 0.15) is 0 Å². The van der Waals surface area contributed by atoms with Gasteiger partial charge in [-0.1, -0.05) is 70.6 Å². The molecule has 0 radical (unpaired) electrons. The second-order valence-corrected chi connectivity index (χ2v) is 3.78. The number of rotatable bonds is 4. The third-order valence-electron chi connectivity index (χ3n) is 2.01. The minimum atomic E-state index is 1.10. The molecule has 106 valence electrons. The van der Waals surface area contributed by atoms with Gasteiger partial charge < -0.3 is 0 Å². The summed E-state index contributed by atoms with van der Waals surface area (Å²) < 4.78 is 0. The van der Waals surface area contributed by atoms with Crippen LogP contribution in [0.15, 0.2) is 47.1 Å². The second kappa shape index (κ2) is 18.3. The maximum absolute atomic E-state index is 2.17. The zero-order valence-electron chi connectivity index (χ0n) is 14.1. The summed E-state index contributed by atoms with van der Waals surface area (Å²) in [7, 11) is 0. The first kappa shape index (κ1) is 22.2. The summed E-state index contributed by atoms with van der Waals surface area (Å²) in [4.78, 5) is 0. The molecule has 0 saturated heterocycles. The molecule has 0 aliphatic carbocycles. The Morgan fingerprint density at radius 1 is 0.722 bits per heavy atom. The van der Waals surface area contributed by atoms with E-state index in [9.17, 15) is 0 Å². The van der Waals surface area contributed by atoms with Crippen LogP contribution in [0.5, 0.6) is 0 Å². The molecule has 0 N–H and O–H groups in total. The molecule has 0 fully saturated rings. The van der Waals surface area contributed by atoms with Gasteiger partial charge in [0.05, 0.1) is 0 Å². The van der Waals surface area contributed by atoms with Gasteiger partial charge in [0.2, 0.25) is 0 Å². The van der Waals surface area contributed by atoms with Crippen molar-refractivity contribution in [1.29, 1.82) is 0 Å². The molecular weight excluding hydrogens is 216 g/mol. The zero-order chi connectivity index (χ0) is 15.0. The Balaban J connectivity index is -0.000000506. The molecular formula is C18H34. The monoisotopic (exact) mass is 250 g/mol. The maximum Gasteiger partial charge on any atom is -0.0376 e. The topological polar surface area (TPSA) is 0 Å². The van der Waals surface area contributed by atoms with Crippen molar-refractivity contribution in [3.8, 4) is 0 Å². The lowest BCUT2D eigenvalue weighted by molar-refractivity contribution is 1.22. The van der Waals surface area contributed by atoms with E-state index in [1.54, 1.807) is 0 Å². The predicted octanol–water partition coefficient (Wildman–Crippen LogP) is 6.86. The van der Waals surface area contributed by atoms with Gasteiger partial charge >= 0.3 is 0 Å². The number of hydrogen-bond acceptors (Lipinski definition) is 0. The van der Waals surface area contributed by atoms with Crippen LogP contribution in [0, 0.1) is 0 Å². The Bertz CT molecular complexity index is 268. The summed E-state index contributed by atoms with van der Waals surface area (Å²) in [6, 6.07) is 0. The summed E-state index contributed by atoms with van der Waals surface area (Å²) in [5, 5.41) is 0. The van der Waals surface area contributed by atoms with E-state index in [0.29, 0.717) is 0 Å². The highest BCUT2D eigenvalue weighted by atomic mass is 13.9. The lowest BCUT2D eigenvalue weighted by Crippen LogP contribution is -1.77. The fourth-order valence-corrected chi connectivity index (χ4v) is 0.903. The summed E-state index contributed by atoms with van der Waals surface area (Å²) in [5.41, 5.74) is 3.99. The van der Waals surface area contributed by atoms with Crippen LogP contribution in [0.4, 0.5) is 0 Å². The molecule has 0 nitrogen and oxygen atoms in total. The Hall–Kier alpha value is -1.04. The van der Waals surface area contributed by atoms with Gasteiger partial charge in [-0.25, -0.2) is 0 Å². The fourth-order valence-electron chi connectivity index (χ4n) is 0.903. The van der Waals surface area contributed by atoms with Crippen molar-refractivity contribution in [1.82, 2.24) is 0 Å². The number of hydrogen-bond donors (Lipinski definition) is 0. The number of allylic oxidation sites excluding steroid dienone is 8. The molecule has 0 aromatic heterocycles. The van der Waals surface area contributed by atoms with Crippen LogP contribution in [-0.4, -0.2) is 0 Å². The Kier molecular flexibility index (Phi) is 22.6. The third-order valence-corrected chi connectivity index (χ3v) is 2.01. The average Bonchev–Trinajstić information content (AvgIpc) is 2.40. The third kappa shape index (κ3) is 17.4. The van der Waals surface area contributed by atoms with Crippen molar-refractivity contribution < 1.29 is 0 Å². The van der Waals surface area contributed by atoms with Gasteiger partial charge in [0.25, 0.3) is 0 Å². The molecule has 0 rings (SSSR count). The molecule has 0 amide bonds.